The number of pyridine rings is 1. The molecule has 98 valence electrons. The lowest BCUT2D eigenvalue weighted by atomic mass is 10.2. The number of hydrogen-bond acceptors (Lipinski definition) is 2. The van der Waals surface area contributed by atoms with Crippen LogP contribution < -0.4 is 5.32 Å². The third-order valence-corrected chi connectivity index (χ3v) is 2.98. The van der Waals surface area contributed by atoms with Gasteiger partial charge in [-0.15, -0.1) is 0 Å². The van der Waals surface area contributed by atoms with E-state index in [0.717, 1.165) is 5.69 Å². The molecule has 0 unspecified atom stereocenters. The fourth-order valence-electron chi connectivity index (χ4n) is 1.65. The molecule has 1 amide bonds. The highest BCUT2D eigenvalue weighted by molar-refractivity contribution is 6.34. The van der Waals surface area contributed by atoms with E-state index in [9.17, 15) is 9.18 Å². The second-order valence-corrected chi connectivity index (χ2v) is 4.63. The number of anilines is 1. The molecule has 0 bridgehead atoms. The Kier molecular flexibility index (Phi) is 3.81. The van der Waals surface area contributed by atoms with Gasteiger partial charge in [-0.3, -0.25) is 9.78 Å². The van der Waals surface area contributed by atoms with Crippen molar-refractivity contribution in [3.63, 3.8) is 0 Å². The monoisotopic (exact) mass is 278 g/mol. The van der Waals surface area contributed by atoms with Crippen LogP contribution in [0.2, 0.25) is 5.02 Å². The summed E-state index contributed by atoms with van der Waals surface area (Å²) in [6, 6.07) is 5.77. The lowest BCUT2D eigenvalue weighted by molar-refractivity contribution is 0.102. The van der Waals surface area contributed by atoms with Gasteiger partial charge in [0.05, 0.1) is 10.6 Å². The van der Waals surface area contributed by atoms with Crippen LogP contribution in [0, 0.1) is 19.7 Å². The number of nitrogens with one attached hydrogen (secondary N) is 1. The topological polar surface area (TPSA) is 42.0 Å². The summed E-state index contributed by atoms with van der Waals surface area (Å²) in [5.41, 5.74) is 2.21. The van der Waals surface area contributed by atoms with Crippen molar-refractivity contribution in [1.82, 2.24) is 4.98 Å². The maximum Gasteiger partial charge on any atom is 0.258 e. The molecule has 1 heterocycles. The van der Waals surface area contributed by atoms with Crippen LogP contribution in [0.3, 0.4) is 0 Å². The third kappa shape index (κ3) is 3.09. The summed E-state index contributed by atoms with van der Waals surface area (Å²) < 4.78 is 13.0. The Morgan fingerprint density at radius 1 is 1.32 bits per heavy atom. The maximum atomic E-state index is 13.0. The van der Waals surface area contributed by atoms with Crippen molar-refractivity contribution in [2.24, 2.45) is 0 Å². The summed E-state index contributed by atoms with van der Waals surface area (Å²) >= 11 is 5.99. The normalized spacial score (nSPS) is 10.3. The molecular weight excluding hydrogens is 267 g/mol. The Balaban J connectivity index is 2.25. The molecule has 1 aromatic carbocycles. The van der Waals surface area contributed by atoms with Gasteiger partial charge >= 0.3 is 0 Å². The smallest absolute Gasteiger partial charge is 0.258 e. The molecule has 1 aromatic heterocycles. The first-order chi connectivity index (χ1) is 8.97. The highest BCUT2D eigenvalue weighted by Crippen LogP contribution is 2.20. The van der Waals surface area contributed by atoms with Crippen molar-refractivity contribution in [1.29, 1.82) is 0 Å². The summed E-state index contributed by atoms with van der Waals surface area (Å²) in [5, 5.41) is 3.02. The average molecular weight is 279 g/mol. The summed E-state index contributed by atoms with van der Waals surface area (Å²) in [5.74, 6) is -0.710. The van der Waals surface area contributed by atoms with Crippen LogP contribution in [0.1, 0.15) is 21.6 Å². The van der Waals surface area contributed by atoms with E-state index in [4.69, 9.17) is 11.6 Å². The van der Waals surface area contributed by atoms with E-state index in [1.54, 1.807) is 19.9 Å². The van der Waals surface area contributed by atoms with Gasteiger partial charge in [-0.05, 0) is 43.7 Å². The van der Waals surface area contributed by atoms with Crippen LogP contribution in [-0.2, 0) is 0 Å². The zero-order chi connectivity index (χ0) is 14.0. The van der Waals surface area contributed by atoms with E-state index in [2.05, 4.69) is 10.3 Å². The predicted molar refractivity (Wildman–Crippen MR) is 73.1 cm³/mol. The van der Waals surface area contributed by atoms with Crippen molar-refractivity contribution in [3.05, 3.63) is 58.1 Å². The summed E-state index contributed by atoms with van der Waals surface area (Å²) in [7, 11) is 0. The molecule has 0 spiro atoms. The van der Waals surface area contributed by atoms with Gasteiger partial charge in [0.15, 0.2) is 0 Å². The van der Waals surface area contributed by atoms with Crippen LogP contribution in [0.5, 0.6) is 0 Å². The molecule has 5 heteroatoms. The quantitative estimate of drug-likeness (QED) is 0.909. The SMILES string of the molecule is Cc1cc(Cl)c(C(=O)Nc2ccc(F)cc2C)cn1. The number of benzene rings is 1. The first kappa shape index (κ1) is 13.5. The number of amides is 1. The van der Waals surface area contributed by atoms with Crippen molar-refractivity contribution in [3.8, 4) is 0 Å². The van der Waals surface area contributed by atoms with Crippen LogP contribution in [0.25, 0.3) is 0 Å². The number of nitrogens with zero attached hydrogens (tertiary/aromatic N) is 1. The zero-order valence-electron chi connectivity index (χ0n) is 10.5. The average Bonchev–Trinajstić information content (AvgIpc) is 2.32. The van der Waals surface area contributed by atoms with Crippen LogP contribution >= 0.6 is 11.6 Å². The fourth-order valence-corrected chi connectivity index (χ4v) is 1.94. The molecule has 0 saturated heterocycles. The van der Waals surface area contributed by atoms with Gasteiger partial charge in [0, 0.05) is 17.6 Å². The van der Waals surface area contributed by atoms with E-state index in [1.165, 1.54) is 24.4 Å². The van der Waals surface area contributed by atoms with Gasteiger partial charge in [-0.2, -0.15) is 0 Å². The Morgan fingerprint density at radius 2 is 2.05 bits per heavy atom. The lowest BCUT2D eigenvalue weighted by Crippen LogP contribution is -2.14. The lowest BCUT2D eigenvalue weighted by Gasteiger charge is -2.09. The van der Waals surface area contributed by atoms with E-state index >= 15 is 0 Å². The van der Waals surface area contributed by atoms with Gasteiger partial charge in [0.1, 0.15) is 5.82 Å². The van der Waals surface area contributed by atoms with Gasteiger partial charge in [-0.1, -0.05) is 11.6 Å². The van der Waals surface area contributed by atoms with Crippen molar-refractivity contribution < 1.29 is 9.18 Å². The standard InChI is InChI=1S/C14H12ClFN2O/c1-8-5-10(16)3-4-13(8)18-14(19)11-7-17-9(2)6-12(11)15/h3-7H,1-2H3,(H,18,19). The largest absolute Gasteiger partial charge is 0.322 e. The Labute approximate surface area is 115 Å². The number of aromatic nitrogens is 1. The first-order valence-electron chi connectivity index (χ1n) is 5.67. The van der Waals surface area contributed by atoms with E-state index in [1.807, 2.05) is 0 Å². The number of carbonyl (C=O) groups is 1. The van der Waals surface area contributed by atoms with E-state index in [0.29, 0.717) is 16.3 Å². The fraction of sp³-hybridized carbons (Fsp3) is 0.143. The van der Waals surface area contributed by atoms with E-state index < -0.39 is 0 Å². The Bertz CT molecular complexity index is 643. The van der Waals surface area contributed by atoms with Crippen molar-refractivity contribution >= 4 is 23.2 Å². The van der Waals surface area contributed by atoms with Gasteiger partial charge in [-0.25, -0.2) is 4.39 Å². The summed E-state index contributed by atoms with van der Waals surface area (Å²) in [6.07, 6.45) is 1.42. The Hall–Kier alpha value is -1.94. The second kappa shape index (κ2) is 5.36. The van der Waals surface area contributed by atoms with Gasteiger partial charge < -0.3 is 5.32 Å². The molecule has 2 aromatic rings. The number of rotatable bonds is 2. The van der Waals surface area contributed by atoms with Crippen LogP contribution in [0.4, 0.5) is 10.1 Å². The minimum atomic E-state index is -0.368. The number of aryl methyl sites for hydroxylation is 2. The molecule has 0 aliphatic heterocycles. The number of hydrogen-bond donors (Lipinski definition) is 1. The molecule has 0 atom stereocenters. The van der Waals surface area contributed by atoms with Crippen LogP contribution in [0.15, 0.2) is 30.5 Å². The van der Waals surface area contributed by atoms with E-state index in [-0.39, 0.29) is 17.3 Å². The molecule has 3 nitrogen and oxygen atoms in total. The second-order valence-electron chi connectivity index (χ2n) is 4.22. The molecule has 0 fully saturated rings. The van der Waals surface area contributed by atoms with Crippen molar-refractivity contribution in [2.75, 3.05) is 5.32 Å². The van der Waals surface area contributed by atoms with Crippen molar-refractivity contribution in [2.45, 2.75) is 13.8 Å². The minimum Gasteiger partial charge on any atom is -0.322 e. The molecule has 19 heavy (non-hydrogen) atoms. The molecular formula is C14H12ClFN2O. The highest BCUT2D eigenvalue weighted by atomic mass is 35.5. The molecule has 0 aliphatic carbocycles. The highest BCUT2D eigenvalue weighted by Gasteiger charge is 2.12. The first-order valence-corrected chi connectivity index (χ1v) is 6.05. The third-order valence-electron chi connectivity index (χ3n) is 2.67. The summed E-state index contributed by atoms with van der Waals surface area (Å²) in [6.45, 7) is 3.51. The number of carbonyl (C=O) groups excluding carboxylic acids is 1. The molecule has 0 saturated carbocycles. The maximum absolute atomic E-state index is 13.0. The number of halogens is 2. The Morgan fingerprint density at radius 3 is 2.68 bits per heavy atom. The molecule has 0 aliphatic rings. The van der Waals surface area contributed by atoms with Gasteiger partial charge in [0.25, 0.3) is 5.91 Å². The summed E-state index contributed by atoms with van der Waals surface area (Å²) in [4.78, 5) is 16.1. The zero-order valence-corrected chi connectivity index (χ0v) is 11.3. The molecule has 2 rings (SSSR count). The van der Waals surface area contributed by atoms with Gasteiger partial charge in [0.2, 0.25) is 0 Å². The van der Waals surface area contributed by atoms with Crippen LogP contribution in [-0.4, -0.2) is 10.9 Å². The predicted octanol–water partition coefficient (Wildman–Crippen LogP) is 3.74. The molecule has 0 radical (unpaired) electrons. The molecule has 1 N–H and O–H groups in total. The minimum absolute atomic E-state index is 0.288.